The first kappa shape index (κ1) is 28.7. The number of primary amides is 1. The minimum Gasteiger partial charge on any atom is -0.481 e. The lowest BCUT2D eigenvalue weighted by molar-refractivity contribution is -0.144. The van der Waals surface area contributed by atoms with Crippen LogP contribution in [-0.2, 0) is 28.8 Å². The number of amides is 4. The van der Waals surface area contributed by atoms with Gasteiger partial charge in [0.1, 0.15) is 18.1 Å². The Hall–Kier alpha value is -3.26. The first-order valence-electron chi connectivity index (χ1n) is 9.78. The van der Waals surface area contributed by atoms with Gasteiger partial charge in [-0.15, -0.1) is 0 Å². The van der Waals surface area contributed by atoms with Crippen molar-refractivity contribution in [2.24, 2.45) is 17.4 Å². The van der Waals surface area contributed by atoms with Gasteiger partial charge in [0.2, 0.25) is 23.6 Å². The van der Waals surface area contributed by atoms with Crippen LogP contribution in [0.1, 0.15) is 39.5 Å². The number of carboxylic acids is 2. The smallest absolute Gasteiger partial charge is 0.326 e. The SMILES string of the molecule is CC(C)CC(NC(=O)C(N)CCC(=O)O)C(=O)NC(CO)C(=O)NC(CC(N)=O)C(=O)O. The van der Waals surface area contributed by atoms with Crippen LogP contribution in [0, 0.1) is 5.92 Å². The molecule has 0 bridgehead atoms. The molecule has 0 saturated heterocycles. The number of aliphatic hydroxyl groups is 1. The zero-order chi connectivity index (χ0) is 25.0. The van der Waals surface area contributed by atoms with Gasteiger partial charge in [0.15, 0.2) is 0 Å². The van der Waals surface area contributed by atoms with Gasteiger partial charge in [-0.2, -0.15) is 0 Å². The maximum atomic E-state index is 12.6. The van der Waals surface area contributed by atoms with E-state index >= 15 is 0 Å². The summed E-state index contributed by atoms with van der Waals surface area (Å²) in [6.07, 6.45) is -1.08. The fourth-order valence-corrected chi connectivity index (χ4v) is 2.53. The number of hydrogen-bond donors (Lipinski definition) is 8. The summed E-state index contributed by atoms with van der Waals surface area (Å²) in [7, 11) is 0. The van der Waals surface area contributed by atoms with E-state index in [2.05, 4.69) is 10.6 Å². The first-order chi connectivity index (χ1) is 14.8. The van der Waals surface area contributed by atoms with Crippen molar-refractivity contribution in [2.75, 3.05) is 6.61 Å². The molecule has 0 aliphatic rings. The van der Waals surface area contributed by atoms with E-state index in [1.165, 1.54) is 0 Å². The number of nitrogens with one attached hydrogen (secondary N) is 3. The molecule has 0 aliphatic carbocycles. The third-order valence-corrected chi connectivity index (χ3v) is 4.18. The van der Waals surface area contributed by atoms with Crippen LogP contribution >= 0.6 is 0 Å². The minimum absolute atomic E-state index is 0.0883. The number of carbonyl (C=O) groups is 6. The monoisotopic (exact) mass is 461 g/mol. The van der Waals surface area contributed by atoms with Gasteiger partial charge in [0, 0.05) is 6.42 Å². The lowest BCUT2D eigenvalue weighted by Gasteiger charge is -2.25. The van der Waals surface area contributed by atoms with Crippen LogP contribution in [0.4, 0.5) is 0 Å². The predicted molar refractivity (Wildman–Crippen MR) is 109 cm³/mol. The fourth-order valence-electron chi connectivity index (χ4n) is 2.53. The van der Waals surface area contributed by atoms with E-state index in [1.807, 2.05) is 5.32 Å². The van der Waals surface area contributed by atoms with Crippen LogP contribution in [0.25, 0.3) is 0 Å². The standard InChI is InChI=1S/C18H31N5O9/c1-8(2)5-10(21-15(28)9(19)3-4-14(26)27)16(29)23-12(7-24)17(30)22-11(18(31)32)6-13(20)25/h8-12,24H,3-7,19H2,1-2H3,(H2,20,25)(H,21,28)(H,22,30)(H,23,29)(H,26,27)(H,31,32). The van der Waals surface area contributed by atoms with Gasteiger partial charge in [0.25, 0.3) is 0 Å². The lowest BCUT2D eigenvalue weighted by atomic mass is 10.0. The van der Waals surface area contributed by atoms with Gasteiger partial charge in [-0.1, -0.05) is 13.8 Å². The molecule has 32 heavy (non-hydrogen) atoms. The summed E-state index contributed by atoms with van der Waals surface area (Å²) in [6.45, 7) is 2.61. The average Bonchev–Trinajstić information content (AvgIpc) is 2.67. The van der Waals surface area contributed by atoms with Gasteiger partial charge >= 0.3 is 11.9 Å². The topological polar surface area (TPSA) is 251 Å². The Morgan fingerprint density at radius 3 is 1.78 bits per heavy atom. The summed E-state index contributed by atoms with van der Waals surface area (Å²) in [5.41, 5.74) is 10.6. The number of carbonyl (C=O) groups excluding carboxylic acids is 4. The number of nitrogens with two attached hydrogens (primary N) is 2. The van der Waals surface area contributed by atoms with E-state index < -0.39 is 72.8 Å². The number of aliphatic hydroxyl groups excluding tert-OH is 1. The molecule has 0 fully saturated rings. The van der Waals surface area contributed by atoms with Gasteiger partial charge in [-0.25, -0.2) is 4.79 Å². The molecule has 0 aromatic heterocycles. The highest BCUT2D eigenvalue weighted by Crippen LogP contribution is 2.07. The molecule has 182 valence electrons. The normalized spacial score (nSPS) is 14.5. The molecule has 0 spiro atoms. The molecular formula is C18H31N5O9. The highest BCUT2D eigenvalue weighted by atomic mass is 16.4. The Morgan fingerprint density at radius 2 is 1.34 bits per heavy atom. The van der Waals surface area contributed by atoms with Crippen molar-refractivity contribution in [3.8, 4) is 0 Å². The molecule has 14 nitrogen and oxygen atoms in total. The Balaban J connectivity index is 5.24. The minimum atomic E-state index is -1.66. The molecule has 4 unspecified atom stereocenters. The molecule has 4 atom stereocenters. The van der Waals surface area contributed by atoms with E-state index in [-0.39, 0.29) is 25.2 Å². The summed E-state index contributed by atoms with van der Waals surface area (Å²) in [6, 6.07) is -5.59. The predicted octanol–water partition coefficient (Wildman–Crippen LogP) is -3.37. The molecule has 0 radical (unpaired) electrons. The second-order valence-corrected chi connectivity index (χ2v) is 7.54. The van der Waals surface area contributed by atoms with E-state index in [0.717, 1.165) is 0 Å². The van der Waals surface area contributed by atoms with Crippen molar-refractivity contribution in [1.82, 2.24) is 16.0 Å². The van der Waals surface area contributed by atoms with Crippen molar-refractivity contribution in [1.29, 1.82) is 0 Å². The molecule has 4 amide bonds. The summed E-state index contributed by atoms with van der Waals surface area (Å²) in [4.78, 5) is 69.8. The van der Waals surface area contributed by atoms with Crippen molar-refractivity contribution < 1.29 is 44.1 Å². The molecule has 0 saturated carbocycles. The number of carboxylic acid groups (broad SMARTS) is 2. The van der Waals surface area contributed by atoms with Gasteiger partial charge < -0.3 is 42.7 Å². The molecule has 0 heterocycles. The summed E-state index contributed by atoms with van der Waals surface area (Å²) >= 11 is 0. The Kier molecular flexibility index (Phi) is 12.5. The molecule has 0 aromatic carbocycles. The highest BCUT2D eigenvalue weighted by molar-refractivity contribution is 5.95. The summed E-state index contributed by atoms with van der Waals surface area (Å²) in [5, 5.41) is 33.8. The van der Waals surface area contributed by atoms with E-state index in [9.17, 15) is 33.9 Å². The first-order valence-corrected chi connectivity index (χ1v) is 9.78. The third kappa shape index (κ3) is 11.2. The molecule has 0 aromatic rings. The fraction of sp³-hybridized carbons (Fsp3) is 0.667. The van der Waals surface area contributed by atoms with E-state index in [0.29, 0.717) is 0 Å². The molecule has 14 heteroatoms. The Bertz CT molecular complexity index is 713. The van der Waals surface area contributed by atoms with Crippen molar-refractivity contribution >= 4 is 35.6 Å². The van der Waals surface area contributed by atoms with Crippen LogP contribution in [0.5, 0.6) is 0 Å². The largest absolute Gasteiger partial charge is 0.481 e. The maximum Gasteiger partial charge on any atom is 0.326 e. The van der Waals surface area contributed by atoms with Gasteiger partial charge in [-0.05, 0) is 18.8 Å². The molecule has 10 N–H and O–H groups in total. The zero-order valence-corrected chi connectivity index (χ0v) is 17.9. The lowest BCUT2D eigenvalue weighted by Crippen LogP contribution is -2.58. The Morgan fingerprint density at radius 1 is 0.844 bits per heavy atom. The zero-order valence-electron chi connectivity index (χ0n) is 17.9. The molecular weight excluding hydrogens is 430 g/mol. The van der Waals surface area contributed by atoms with E-state index in [1.54, 1.807) is 13.8 Å². The van der Waals surface area contributed by atoms with Crippen LogP contribution in [0.2, 0.25) is 0 Å². The second kappa shape index (κ2) is 13.9. The van der Waals surface area contributed by atoms with Crippen LogP contribution in [0.15, 0.2) is 0 Å². The van der Waals surface area contributed by atoms with E-state index in [4.69, 9.17) is 21.7 Å². The van der Waals surface area contributed by atoms with Crippen LogP contribution < -0.4 is 27.4 Å². The van der Waals surface area contributed by atoms with Crippen molar-refractivity contribution in [3.63, 3.8) is 0 Å². The van der Waals surface area contributed by atoms with Crippen LogP contribution in [0.3, 0.4) is 0 Å². The number of hydrogen-bond acceptors (Lipinski definition) is 8. The summed E-state index contributed by atoms with van der Waals surface area (Å²) in [5.74, 6) is -6.46. The highest BCUT2D eigenvalue weighted by Gasteiger charge is 2.31. The average molecular weight is 461 g/mol. The third-order valence-electron chi connectivity index (χ3n) is 4.18. The number of rotatable bonds is 15. The maximum absolute atomic E-state index is 12.6. The quantitative estimate of drug-likeness (QED) is 0.120. The molecule has 0 rings (SSSR count). The van der Waals surface area contributed by atoms with Gasteiger partial charge in [-0.3, -0.25) is 24.0 Å². The summed E-state index contributed by atoms with van der Waals surface area (Å²) < 4.78 is 0. The van der Waals surface area contributed by atoms with Crippen molar-refractivity contribution in [2.45, 2.75) is 63.7 Å². The van der Waals surface area contributed by atoms with Crippen molar-refractivity contribution in [3.05, 3.63) is 0 Å². The Labute approximate surface area is 184 Å². The van der Waals surface area contributed by atoms with Crippen LogP contribution in [-0.4, -0.2) is 81.7 Å². The van der Waals surface area contributed by atoms with Gasteiger partial charge in [0.05, 0.1) is 19.1 Å². The molecule has 0 aliphatic heterocycles. The number of aliphatic carboxylic acids is 2. The second-order valence-electron chi connectivity index (χ2n) is 7.54.